The monoisotopic (exact) mass is 370 g/mol. The van der Waals surface area contributed by atoms with Crippen LogP contribution in [0.1, 0.15) is 31.4 Å². The number of carbonyl (C=O) groups excluding carboxylic acids is 1. The summed E-state index contributed by atoms with van der Waals surface area (Å²) in [7, 11) is -5.05. The zero-order chi connectivity index (χ0) is 19.0. The quantitative estimate of drug-likeness (QED) is 0.507. The third-order valence-corrected chi connectivity index (χ3v) is 5.94. The van der Waals surface area contributed by atoms with E-state index in [1.54, 1.807) is 13.8 Å². The van der Waals surface area contributed by atoms with E-state index < -0.39 is 29.0 Å². The van der Waals surface area contributed by atoms with Crippen LogP contribution in [0.4, 0.5) is 0 Å². The van der Waals surface area contributed by atoms with Crippen LogP contribution in [0.2, 0.25) is 0 Å². The first-order valence-corrected chi connectivity index (χ1v) is 9.99. The number of rotatable bonds is 10. The zero-order valence-electron chi connectivity index (χ0n) is 15.0. The van der Waals surface area contributed by atoms with Crippen LogP contribution in [0, 0.1) is 6.92 Å². The minimum absolute atomic E-state index is 0.0200. The summed E-state index contributed by atoms with van der Waals surface area (Å²) in [6.45, 7) is 5.57. The van der Waals surface area contributed by atoms with Gasteiger partial charge in [0, 0.05) is 19.5 Å². The van der Waals surface area contributed by atoms with Crippen LogP contribution in [0.25, 0.3) is 0 Å². The van der Waals surface area contributed by atoms with E-state index in [-0.39, 0.29) is 25.1 Å². The van der Waals surface area contributed by atoms with Crippen molar-refractivity contribution >= 4 is 23.0 Å². The van der Waals surface area contributed by atoms with Crippen LogP contribution in [-0.4, -0.2) is 60.6 Å². The maximum Gasteiger partial charge on any atom is 0.475 e. The number of carbonyl (C=O) groups is 1. The van der Waals surface area contributed by atoms with E-state index in [4.69, 9.17) is 0 Å². The molecule has 0 heterocycles. The maximum absolute atomic E-state index is 12.1. The van der Waals surface area contributed by atoms with Gasteiger partial charge in [0.25, 0.3) is 0 Å². The highest BCUT2D eigenvalue weighted by atomic mass is 32.2. The number of nitrogens with zero attached hydrogens (tertiary/aromatic N) is 1. The first-order valence-electron chi connectivity index (χ1n) is 8.38. The molecule has 1 amide bonds. The number of hydrogen-bond acceptors (Lipinski definition) is 5. The first-order chi connectivity index (χ1) is 11.7. The van der Waals surface area contributed by atoms with Gasteiger partial charge in [0.1, 0.15) is 0 Å². The van der Waals surface area contributed by atoms with Crippen LogP contribution >= 0.6 is 0 Å². The van der Waals surface area contributed by atoms with Crippen molar-refractivity contribution in [3.05, 3.63) is 35.4 Å². The molecule has 0 unspecified atom stereocenters. The fourth-order valence-electron chi connectivity index (χ4n) is 2.39. The van der Waals surface area contributed by atoms with Crippen LogP contribution in [0.15, 0.2) is 24.3 Å². The molecule has 0 aliphatic heterocycles. The summed E-state index contributed by atoms with van der Waals surface area (Å²) in [6.07, 6.45) is 0.235. The third kappa shape index (κ3) is 7.15. The summed E-state index contributed by atoms with van der Waals surface area (Å²) < 4.78 is 25.0. The van der Waals surface area contributed by atoms with E-state index in [0.717, 1.165) is 11.1 Å². The molecule has 9 heteroatoms. The van der Waals surface area contributed by atoms with Gasteiger partial charge in [-0.25, -0.2) is 12.7 Å². The highest BCUT2D eigenvalue weighted by Crippen LogP contribution is 2.08. The Balaban J connectivity index is 2.63. The molecule has 1 aromatic carbocycles. The Morgan fingerprint density at radius 1 is 1.24 bits per heavy atom. The van der Waals surface area contributed by atoms with Gasteiger partial charge in [-0.3, -0.25) is 4.79 Å². The molecule has 0 radical (unpaired) electrons. The summed E-state index contributed by atoms with van der Waals surface area (Å²) in [5.41, 5.74) is 1.96. The van der Waals surface area contributed by atoms with Gasteiger partial charge in [-0.05, 0) is 25.8 Å². The van der Waals surface area contributed by atoms with Gasteiger partial charge in [-0.1, -0.05) is 36.8 Å². The Labute approximate surface area is 150 Å². The molecule has 0 aromatic heterocycles. The lowest BCUT2D eigenvalue weighted by molar-refractivity contribution is -0.121. The molecular weight excluding hydrogens is 343 g/mol. The lowest BCUT2D eigenvalue weighted by Gasteiger charge is -2.21. The van der Waals surface area contributed by atoms with Crippen molar-refractivity contribution in [1.82, 2.24) is 9.62 Å². The predicted octanol–water partition coefficient (Wildman–Crippen LogP) is 0.0960. The maximum atomic E-state index is 12.1. The molecule has 0 spiro atoms. The number of benzene rings is 1. The molecule has 0 fully saturated rings. The Hall–Kier alpha value is -1.42. The largest absolute Gasteiger partial charge is 0.475 e. The number of nitrogens with one attached hydrogen (secondary N) is 1. The molecule has 1 atom stereocenters. The fourth-order valence-corrected chi connectivity index (χ4v) is 3.52. The van der Waals surface area contributed by atoms with Crippen molar-refractivity contribution < 1.29 is 23.3 Å². The Morgan fingerprint density at radius 3 is 2.32 bits per heavy atom. The van der Waals surface area contributed by atoms with Gasteiger partial charge < -0.3 is 15.4 Å². The second kappa shape index (κ2) is 9.91. The van der Waals surface area contributed by atoms with E-state index in [1.165, 1.54) is 4.31 Å². The lowest BCUT2D eigenvalue weighted by Crippen LogP contribution is -2.48. The predicted molar refractivity (Wildman–Crippen MR) is 98.3 cm³/mol. The van der Waals surface area contributed by atoms with Crippen molar-refractivity contribution in [1.29, 1.82) is 0 Å². The average Bonchev–Trinajstić information content (AvgIpc) is 2.56. The highest BCUT2D eigenvalue weighted by molar-refractivity contribution is 7.89. The third-order valence-electron chi connectivity index (χ3n) is 3.98. The van der Waals surface area contributed by atoms with E-state index in [0.29, 0.717) is 6.54 Å². The average molecular weight is 370 g/mol. The minimum Gasteiger partial charge on any atom is -0.426 e. The van der Waals surface area contributed by atoms with Crippen LogP contribution in [0.3, 0.4) is 0 Å². The smallest absolute Gasteiger partial charge is 0.426 e. The van der Waals surface area contributed by atoms with E-state index in [9.17, 15) is 23.3 Å². The van der Waals surface area contributed by atoms with E-state index in [1.807, 2.05) is 31.2 Å². The molecule has 1 aromatic rings. The van der Waals surface area contributed by atoms with E-state index >= 15 is 0 Å². The molecule has 0 aliphatic rings. The summed E-state index contributed by atoms with van der Waals surface area (Å²) in [5.74, 6) is -1.29. The molecule has 1 rings (SSSR count). The van der Waals surface area contributed by atoms with Crippen LogP contribution in [-0.2, 0) is 21.2 Å². The second-order valence-corrected chi connectivity index (χ2v) is 8.18. The molecule has 3 N–H and O–H groups in total. The minimum atomic E-state index is -3.35. The molecule has 0 aliphatic carbocycles. The van der Waals surface area contributed by atoms with Crippen LogP contribution in [0.5, 0.6) is 0 Å². The molecule has 25 heavy (non-hydrogen) atoms. The lowest BCUT2D eigenvalue weighted by atomic mass is 9.76. The second-order valence-electron chi connectivity index (χ2n) is 5.92. The van der Waals surface area contributed by atoms with Crippen LogP contribution < -0.4 is 5.32 Å². The van der Waals surface area contributed by atoms with Gasteiger partial charge in [0.15, 0.2) is 0 Å². The number of amides is 1. The summed E-state index contributed by atoms with van der Waals surface area (Å²) >= 11 is 0. The van der Waals surface area contributed by atoms with Crippen molar-refractivity contribution in [3.8, 4) is 0 Å². The Morgan fingerprint density at radius 2 is 1.84 bits per heavy atom. The van der Waals surface area contributed by atoms with Crippen molar-refractivity contribution in [2.24, 2.45) is 0 Å². The van der Waals surface area contributed by atoms with Gasteiger partial charge in [0.05, 0.1) is 11.7 Å². The molecular formula is C16H27BN2O5S. The Kier molecular flexibility index (Phi) is 8.57. The topological polar surface area (TPSA) is 107 Å². The number of hydrogen-bond donors (Lipinski definition) is 3. The van der Waals surface area contributed by atoms with Crippen molar-refractivity contribution in [2.75, 3.05) is 18.8 Å². The summed E-state index contributed by atoms with van der Waals surface area (Å²) in [6, 6.07) is 7.55. The van der Waals surface area contributed by atoms with Gasteiger partial charge >= 0.3 is 7.12 Å². The summed E-state index contributed by atoms with van der Waals surface area (Å²) in [4.78, 5) is 12.1. The fraction of sp³-hybridized carbons (Fsp3) is 0.562. The van der Waals surface area contributed by atoms with Crippen molar-refractivity contribution in [3.63, 3.8) is 0 Å². The Bertz CT molecular complexity index is 649. The molecule has 0 saturated heterocycles. The van der Waals surface area contributed by atoms with Gasteiger partial charge in [0.2, 0.25) is 15.9 Å². The van der Waals surface area contributed by atoms with Gasteiger partial charge in [-0.2, -0.15) is 0 Å². The molecule has 0 saturated carbocycles. The van der Waals surface area contributed by atoms with E-state index in [2.05, 4.69) is 5.32 Å². The SMILES string of the molecule is CCN(CCC(=O)N[C@@H](Cc1ccc(C)cc1)B(O)O)S(=O)(=O)CC. The standard InChI is InChI=1S/C16H27BN2O5S/c1-4-19(25(23,24)5-2)11-10-16(20)18-15(17(21)22)12-14-8-6-13(3)7-9-14/h6-9,15,21-22H,4-5,10-12H2,1-3H3,(H,18,20)/t15-/m0/s1. The van der Waals surface area contributed by atoms with Gasteiger partial charge in [-0.15, -0.1) is 0 Å². The van der Waals surface area contributed by atoms with Crippen molar-refractivity contribution in [2.45, 2.75) is 39.6 Å². The summed E-state index contributed by atoms with van der Waals surface area (Å²) in [5, 5.41) is 21.6. The molecule has 7 nitrogen and oxygen atoms in total. The zero-order valence-corrected chi connectivity index (χ0v) is 15.8. The normalized spacial score (nSPS) is 12.9. The molecule has 0 bridgehead atoms. The molecule has 140 valence electrons. The number of sulfonamides is 1. The number of aryl methyl sites for hydroxylation is 1. The first kappa shape index (κ1) is 21.6. The highest BCUT2D eigenvalue weighted by Gasteiger charge is 2.26.